The summed E-state index contributed by atoms with van der Waals surface area (Å²) >= 11 is 0. The quantitative estimate of drug-likeness (QED) is 0.176. The van der Waals surface area contributed by atoms with E-state index in [1.807, 2.05) is 74.5 Å². The van der Waals surface area contributed by atoms with Crippen molar-refractivity contribution in [2.24, 2.45) is 5.92 Å². The van der Waals surface area contributed by atoms with Crippen LogP contribution in [0, 0.1) is 5.92 Å². The van der Waals surface area contributed by atoms with Gasteiger partial charge in [0.2, 0.25) is 17.4 Å². The summed E-state index contributed by atoms with van der Waals surface area (Å²) in [4.78, 5) is 67.9. The van der Waals surface area contributed by atoms with Crippen LogP contribution >= 0.6 is 0 Å². The van der Waals surface area contributed by atoms with Crippen LogP contribution in [0.4, 0.5) is 4.79 Å². The van der Waals surface area contributed by atoms with Gasteiger partial charge in [-0.3, -0.25) is 9.59 Å². The molecule has 0 radical (unpaired) electrons. The number of fused-ring (bicyclic) bond motifs is 5. The number of ether oxygens (including phenoxy) is 3. The molecule has 4 aromatic rings. The zero-order valence-corrected chi connectivity index (χ0v) is 36.4. The van der Waals surface area contributed by atoms with Crippen molar-refractivity contribution in [3.8, 4) is 23.0 Å². The van der Waals surface area contributed by atoms with Crippen molar-refractivity contribution in [2.45, 2.75) is 139 Å². The molecule has 9 rings (SSSR count). The highest BCUT2D eigenvalue weighted by Crippen LogP contribution is 2.45. The Labute approximate surface area is 365 Å². The van der Waals surface area contributed by atoms with Crippen LogP contribution in [0.15, 0.2) is 65.1 Å². The number of sulfonamides is 1. The van der Waals surface area contributed by atoms with Gasteiger partial charge in [0.05, 0.1) is 12.6 Å². The minimum Gasteiger partial charge on any atom is -0.491 e. The van der Waals surface area contributed by atoms with Crippen molar-refractivity contribution in [1.82, 2.24) is 25.5 Å². The van der Waals surface area contributed by atoms with E-state index in [0.29, 0.717) is 65.9 Å². The molecular weight excluding hydrogens is 829 g/mol. The Kier molecular flexibility index (Phi) is 11.9. The van der Waals surface area contributed by atoms with E-state index in [1.54, 1.807) is 0 Å². The topological polar surface area (TPSA) is 213 Å². The molecule has 2 aliphatic heterocycles. The molecule has 4 heterocycles. The lowest BCUT2D eigenvalue weighted by atomic mass is 10.0. The molecule has 4 amide bonds. The van der Waals surface area contributed by atoms with Gasteiger partial charge in [0.1, 0.15) is 46.4 Å². The number of aromatic nitrogens is 2. The number of alkyl carbamates (subject to hydrolysis) is 1. The van der Waals surface area contributed by atoms with E-state index in [2.05, 4.69) is 10.6 Å². The molecular formula is C46H55N6O10S+. The molecule has 1 saturated heterocycles. The summed E-state index contributed by atoms with van der Waals surface area (Å²) in [5.74, 6) is -1.05. The maximum absolute atomic E-state index is 14.8. The minimum absolute atomic E-state index is 0.00598. The minimum atomic E-state index is -3.80. The number of hydrogen-bond donors (Lipinski definition) is 3. The van der Waals surface area contributed by atoms with Gasteiger partial charge < -0.3 is 34.2 Å². The van der Waals surface area contributed by atoms with Crippen LogP contribution in [0.25, 0.3) is 33.5 Å². The highest BCUT2D eigenvalue weighted by molar-refractivity contribution is 7.86. The Morgan fingerprint density at radius 3 is 2.48 bits per heavy atom. The first-order chi connectivity index (χ1) is 30.4. The molecule has 4 fully saturated rings. The molecule has 3 aliphatic carbocycles. The first-order valence-electron chi connectivity index (χ1n) is 22.4. The maximum atomic E-state index is 14.8. The van der Waals surface area contributed by atoms with Gasteiger partial charge in [0.25, 0.3) is 5.88 Å². The van der Waals surface area contributed by atoms with E-state index in [1.165, 1.54) is 4.90 Å². The van der Waals surface area contributed by atoms with Crippen molar-refractivity contribution < 1.29 is 50.9 Å². The summed E-state index contributed by atoms with van der Waals surface area (Å²) in [6.45, 7) is 3.83. The Bertz CT molecular complexity index is 2530. The number of furan rings is 1. The Morgan fingerprint density at radius 1 is 0.952 bits per heavy atom. The zero-order chi connectivity index (χ0) is 43.9. The molecule has 63 heavy (non-hydrogen) atoms. The van der Waals surface area contributed by atoms with Crippen LogP contribution in [-0.4, -0.2) is 94.8 Å². The van der Waals surface area contributed by atoms with Crippen LogP contribution < -0.4 is 24.8 Å². The number of rotatable bonds is 10. The summed E-state index contributed by atoms with van der Waals surface area (Å²) in [6.07, 6.45) is 9.96. The molecule has 3 saturated carbocycles. The number of nitrogens with zero attached hydrogens (tertiary/aromatic N) is 3. The molecule has 0 unspecified atom stereocenters. The lowest BCUT2D eigenvalue weighted by Gasteiger charge is -2.29. The van der Waals surface area contributed by atoms with E-state index >= 15 is 0 Å². The average Bonchev–Trinajstić information content (AvgIpc) is 4.06. The third-order valence-corrected chi connectivity index (χ3v) is 14.7. The van der Waals surface area contributed by atoms with Gasteiger partial charge in [0.15, 0.2) is 11.4 Å². The van der Waals surface area contributed by atoms with Crippen molar-refractivity contribution in [3.63, 3.8) is 0 Å². The van der Waals surface area contributed by atoms with E-state index < -0.39 is 68.7 Å². The number of nitrogens with one attached hydrogen (secondary N) is 2. The maximum Gasteiger partial charge on any atom is 0.408 e. The molecule has 4 N–H and O–H groups in total. The fraction of sp³-hybridized carbons (Fsp3) is 0.522. The van der Waals surface area contributed by atoms with Crippen molar-refractivity contribution >= 4 is 55.9 Å². The Hall–Kier alpha value is -5.55. The molecule has 0 spiro atoms. The molecule has 5 atom stereocenters. The second-order valence-electron chi connectivity index (χ2n) is 17.9. The predicted octanol–water partition coefficient (Wildman–Crippen LogP) is 5.19. The average molecular weight is 884 g/mol. The van der Waals surface area contributed by atoms with E-state index in [9.17, 15) is 27.6 Å². The SMILES string of the molecule is CC(C)Oc1ccc(-c2nc(O[C@@H]3C[C@H]4C(=O)N[C@]5(C(=O)[NH2+]S(=O)(=O)C6CC6)C[C@H]5/C=C\CCCCC[C@H](NC(=O)OC5CCCC5)C(=O)N4C3)c3oc4ccccc4c3n2)cc1. The summed E-state index contributed by atoms with van der Waals surface area (Å²) in [5.41, 5.74) is 0.590. The summed E-state index contributed by atoms with van der Waals surface area (Å²) in [6, 6.07) is 12.7. The number of primary sulfonamides is 1. The van der Waals surface area contributed by atoms with Gasteiger partial charge >= 0.3 is 22.0 Å². The van der Waals surface area contributed by atoms with Gasteiger partial charge in [-0.25, -0.2) is 14.6 Å². The van der Waals surface area contributed by atoms with E-state index in [4.69, 9.17) is 28.6 Å². The number of para-hydroxylation sites is 1. The van der Waals surface area contributed by atoms with Gasteiger partial charge in [-0.15, -0.1) is 0 Å². The molecule has 17 heteroatoms. The van der Waals surface area contributed by atoms with Crippen molar-refractivity contribution in [3.05, 3.63) is 60.7 Å². The highest BCUT2D eigenvalue weighted by atomic mass is 32.2. The fourth-order valence-electron chi connectivity index (χ4n) is 9.16. The second kappa shape index (κ2) is 17.5. The molecule has 2 aromatic heterocycles. The van der Waals surface area contributed by atoms with E-state index in [0.717, 1.165) is 48.6 Å². The summed E-state index contributed by atoms with van der Waals surface area (Å²) in [5, 5.41) is 5.93. The number of primary amides is 1. The number of benzene rings is 2. The van der Waals surface area contributed by atoms with E-state index in [-0.39, 0.29) is 37.5 Å². The van der Waals surface area contributed by atoms with Crippen LogP contribution in [0.1, 0.15) is 97.3 Å². The largest absolute Gasteiger partial charge is 0.491 e. The van der Waals surface area contributed by atoms with Gasteiger partial charge in [-0.05, 0) is 114 Å². The second-order valence-corrected chi connectivity index (χ2v) is 20.0. The predicted molar refractivity (Wildman–Crippen MR) is 231 cm³/mol. The smallest absolute Gasteiger partial charge is 0.408 e. The Morgan fingerprint density at radius 2 is 1.71 bits per heavy atom. The van der Waals surface area contributed by atoms with Crippen LogP contribution in [0.2, 0.25) is 0 Å². The van der Waals surface area contributed by atoms with Gasteiger partial charge in [0, 0.05) is 23.3 Å². The third kappa shape index (κ3) is 9.26. The number of carbonyl (C=O) groups is 4. The number of quaternary nitrogens is 1. The molecule has 334 valence electrons. The first-order valence-corrected chi connectivity index (χ1v) is 24.0. The van der Waals surface area contributed by atoms with Gasteiger partial charge in [-0.1, -0.05) is 37.1 Å². The lowest BCUT2D eigenvalue weighted by Crippen LogP contribution is -2.95. The highest BCUT2D eigenvalue weighted by Gasteiger charge is 2.65. The van der Waals surface area contributed by atoms with Crippen LogP contribution in [0.3, 0.4) is 0 Å². The van der Waals surface area contributed by atoms with Crippen LogP contribution in [0.5, 0.6) is 11.6 Å². The zero-order valence-electron chi connectivity index (χ0n) is 35.6. The summed E-state index contributed by atoms with van der Waals surface area (Å²) < 4.78 is 51.4. The lowest BCUT2D eigenvalue weighted by molar-refractivity contribution is -0.417. The standard InChI is InChI=1S/C46H54N6O10S/c1-27(2)59-31-20-18-28(19-21-31)40-48-38-34-15-10-11-17-37(34)62-39(38)42(49-40)60-32-24-36-41(53)50-46(44(55)51-63(57,58)33-22-23-33)25-29(46)12-6-4-3-5-7-16-35(43(54)52(36)26-32)47-45(56)61-30-13-8-9-14-30/h6,10-12,15,17-21,27,29-30,32-33,35-36H,3-5,7-9,13-14,16,22-26H2,1-2H3,(H,47,56)(H,50,53)(H,51,55)/p+1/b12-6-/t29-,32-,35+,36+,46-/m1/s1. The fourth-order valence-corrected chi connectivity index (χ4v) is 10.7. The summed E-state index contributed by atoms with van der Waals surface area (Å²) in [7, 11) is -3.80. The molecule has 16 nitrogen and oxygen atoms in total. The van der Waals surface area contributed by atoms with Crippen molar-refractivity contribution in [1.29, 1.82) is 0 Å². The van der Waals surface area contributed by atoms with Crippen molar-refractivity contribution in [2.75, 3.05) is 6.54 Å². The normalized spacial score (nSPS) is 26.4. The molecule has 2 aromatic carbocycles. The molecule has 5 aliphatic rings. The Balaban J connectivity index is 1.05. The first kappa shape index (κ1) is 42.7. The van der Waals surface area contributed by atoms with Crippen LogP contribution in [-0.2, 0) is 29.1 Å². The number of allylic oxidation sites excluding steroid dienone is 1. The van der Waals surface area contributed by atoms with Gasteiger partial charge in [-0.2, -0.15) is 18.1 Å². The third-order valence-electron chi connectivity index (χ3n) is 12.8. The monoisotopic (exact) mass is 883 g/mol. The number of nitrogens with two attached hydrogens (primary N) is 1. The number of hydrogen-bond acceptors (Lipinski definition) is 12. The number of carbonyl (C=O) groups excluding carboxylic acids is 4. The number of amides is 4. The molecule has 0 bridgehead atoms.